The Labute approximate surface area is 141 Å². The van der Waals surface area contributed by atoms with Gasteiger partial charge in [0.25, 0.3) is 5.91 Å². The van der Waals surface area contributed by atoms with E-state index in [1.807, 2.05) is 6.07 Å². The topological polar surface area (TPSA) is 63.5 Å². The molecule has 1 aliphatic carbocycles. The molecule has 2 heterocycles. The quantitative estimate of drug-likeness (QED) is 0.909. The molecule has 126 valence electrons. The summed E-state index contributed by atoms with van der Waals surface area (Å²) in [6, 6.07) is 11.6. The predicted molar refractivity (Wildman–Crippen MR) is 89.9 cm³/mol. The molecule has 0 saturated carbocycles. The molecule has 1 aromatic heterocycles. The Bertz CT molecular complexity index is 720. The largest absolute Gasteiger partial charge is 0.459 e. The molecular formula is C19H22N2O3. The van der Waals surface area contributed by atoms with Gasteiger partial charge in [-0.25, -0.2) is 0 Å². The molecule has 1 fully saturated rings. The summed E-state index contributed by atoms with van der Waals surface area (Å²) >= 11 is 0. The molecule has 1 aliphatic heterocycles. The van der Waals surface area contributed by atoms with Crippen molar-refractivity contribution < 1.29 is 13.9 Å². The molecular weight excluding hydrogens is 304 g/mol. The summed E-state index contributed by atoms with van der Waals surface area (Å²) in [7, 11) is 1.74. The molecule has 24 heavy (non-hydrogen) atoms. The summed E-state index contributed by atoms with van der Waals surface area (Å²) in [5.41, 5.74) is 2.42. The van der Waals surface area contributed by atoms with E-state index in [1.165, 1.54) is 11.8 Å². The van der Waals surface area contributed by atoms with Crippen LogP contribution >= 0.6 is 0 Å². The molecule has 5 nitrogen and oxygen atoms in total. The van der Waals surface area contributed by atoms with Gasteiger partial charge in [0.2, 0.25) is 0 Å². The standard InChI is InChI=1S/C19H22N2O3/c1-23-17-16(21-18(22)15-7-4-12-24-15)13-5-2-3-6-14(13)19(17)8-10-20-11-9-19/h2-7,12,16-17,20H,8-11H2,1H3,(H,21,22)/t16-,17+/m0/s1. The third-order valence-corrected chi connectivity index (χ3v) is 5.46. The first kappa shape index (κ1) is 15.4. The number of nitrogens with one attached hydrogen (secondary N) is 2. The van der Waals surface area contributed by atoms with Crippen LogP contribution in [0, 0.1) is 0 Å². The first-order chi connectivity index (χ1) is 11.8. The molecule has 0 unspecified atom stereocenters. The number of piperidine rings is 1. The molecule has 2 N–H and O–H groups in total. The summed E-state index contributed by atoms with van der Waals surface area (Å²) in [6.07, 6.45) is 3.46. The van der Waals surface area contributed by atoms with Gasteiger partial charge in [0.15, 0.2) is 5.76 Å². The number of rotatable bonds is 3. The van der Waals surface area contributed by atoms with Crippen molar-refractivity contribution in [3.63, 3.8) is 0 Å². The highest BCUT2D eigenvalue weighted by Crippen LogP contribution is 2.51. The van der Waals surface area contributed by atoms with Gasteiger partial charge in [-0.3, -0.25) is 4.79 Å². The Morgan fingerprint density at radius 3 is 2.75 bits per heavy atom. The van der Waals surface area contributed by atoms with Crippen molar-refractivity contribution in [1.29, 1.82) is 0 Å². The lowest BCUT2D eigenvalue weighted by molar-refractivity contribution is 0.00371. The van der Waals surface area contributed by atoms with Crippen molar-refractivity contribution in [1.82, 2.24) is 10.6 Å². The molecule has 4 rings (SSSR count). The third kappa shape index (κ3) is 2.27. The van der Waals surface area contributed by atoms with Gasteiger partial charge < -0.3 is 19.8 Å². The maximum atomic E-state index is 12.5. The minimum atomic E-state index is -0.201. The highest BCUT2D eigenvalue weighted by Gasteiger charge is 2.53. The monoisotopic (exact) mass is 326 g/mol. The molecule has 1 amide bonds. The number of furan rings is 1. The van der Waals surface area contributed by atoms with Gasteiger partial charge in [-0.2, -0.15) is 0 Å². The second-order valence-corrected chi connectivity index (χ2v) is 6.58. The number of carbonyl (C=O) groups is 1. The normalized spacial score (nSPS) is 24.7. The Hall–Kier alpha value is -2.11. The molecule has 2 aromatic rings. The van der Waals surface area contributed by atoms with Crippen LogP contribution in [0.5, 0.6) is 0 Å². The van der Waals surface area contributed by atoms with E-state index in [9.17, 15) is 4.79 Å². The smallest absolute Gasteiger partial charge is 0.287 e. The van der Waals surface area contributed by atoms with Crippen LogP contribution in [0.1, 0.15) is 40.6 Å². The molecule has 1 saturated heterocycles. The molecule has 2 aliphatic rings. The molecule has 0 radical (unpaired) electrons. The average Bonchev–Trinajstić information content (AvgIpc) is 3.23. The fourth-order valence-corrected chi connectivity index (χ4v) is 4.42. The van der Waals surface area contributed by atoms with Gasteiger partial charge in [-0.15, -0.1) is 0 Å². The lowest BCUT2D eigenvalue weighted by atomic mass is 9.72. The number of hydrogen-bond donors (Lipinski definition) is 2. The second kappa shape index (κ2) is 6.07. The number of amides is 1. The van der Waals surface area contributed by atoms with E-state index in [0.717, 1.165) is 31.5 Å². The number of benzene rings is 1. The van der Waals surface area contributed by atoms with Crippen molar-refractivity contribution in [3.8, 4) is 0 Å². The molecule has 0 bridgehead atoms. The lowest BCUT2D eigenvalue weighted by Gasteiger charge is -2.40. The fraction of sp³-hybridized carbons (Fsp3) is 0.421. The minimum Gasteiger partial charge on any atom is -0.459 e. The lowest BCUT2D eigenvalue weighted by Crippen LogP contribution is -2.49. The van der Waals surface area contributed by atoms with Crippen LogP contribution in [-0.4, -0.2) is 32.2 Å². The van der Waals surface area contributed by atoms with Crippen LogP contribution in [0.25, 0.3) is 0 Å². The van der Waals surface area contributed by atoms with Gasteiger partial charge in [-0.1, -0.05) is 24.3 Å². The van der Waals surface area contributed by atoms with Crippen LogP contribution in [0.2, 0.25) is 0 Å². The zero-order valence-electron chi connectivity index (χ0n) is 13.7. The van der Waals surface area contributed by atoms with Crippen molar-refractivity contribution in [2.24, 2.45) is 0 Å². The summed E-state index contributed by atoms with van der Waals surface area (Å²) < 4.78 is 11.2. The van der Waals surface area contributed by atoms with Crippen molar-refractivity contribution in [2.45, 2.75) is 30.4 Å². The third-order valence-electron chi connectivity index (χ3n) is 5.46. The van der Waals surface area contributed by atoms with E-state index >= 15 is 0 Å². The van der Waals surface area contributed by atoms with Gasteiger partial charge in [0, 0.05) is 12.5 Å². The van der Waals surface area contributed by atoms with E-state index in [1.54, 1.807) is 19.2 Å². The van der Waals surface area contributed by atoms with E-state index in [0.29, 0.717) is 5.76 Å². The van der Waals surface area contributed by atoms with Crippen LogP contribution < -0.4 is 10.6 Å². The summed E-state index contributed by atoms with van der Waals surface area (Å²) in [5.74, 6) is 0.126. The van der Waals surface area contributed by atoms with E-state index in [4.69, 9.17) is 9.15 Å². The Balaban J connectivity index is 1.72. The van der Waals surface area contributed by atoms with E-state index < -0.39 is 0 Å². The highest BCUT2D eigenvalue weighted by molar-refractivity contribution is 5.91. The minimum absolute atomic E-state index is 0.0439. The van der Waals surface area contributed by atoms with Gasteiger partial charge in [-0.05, 0) is 49.2 Å². The SMILES string of the molecule is CO[C@@H]1[C@@H](NC(=O)c2ccco2)c2ccccc2C12CCNCC2. The zero-order chi connectivity index (χ0) is 16.6. The van der Waals surface area contributed by atoms with E-state index in [2.05, 4.69) is 28.8 Å². The molecule has 1 spiro atoms. The summed E-state index contributed by atoms with van der Waals surface area (Å²) in [6.45, 7) is 1.93. The second-order valence-electron chi connectivity index (χ2n) is 6.58. The number of methoxy groups -OCH3 is 1. The first-order valence-electron chi connectivity index (χ1n) is 8.43. The van der Waals surface area contributed by atoms with Crippen molar-refractivity contribution >= 4 is 5.91 Å². The molecule has 1 aromatic carbocycles. The maximum absolute atomic E-state index is 12.5. The zero-order valence-corrected chi connectivity index (χ0v) is 13.7. The van der Waals surface area contributed by atoms with Crippen LogP contribution in [0.4, 0.5) is 0 Å². The molecule has 2 atom stereocenters. The predicted octanol–water partition coefficient (Wildman–Crippen LogP) is 2.40. The van der Waals surface area contributed by atoms with E-state index in [-0.39, 0.29) is 23.5 Å². The number of hydrogen-bond acceptors (Lipinski definition) is 4. The van der Waals surface area contributed by atoms with Gasteiger partial charge >= 0.3 is 0 Å². The van der Waals surface area contributed by atoms with Gasteiger partial charge in [0.05, 0.1) is 18.4 Å². The summed E-state index contributed by atoms with van der Waals surface area (Å²) in [4.78, 5) is 12.5. The Morgan fingerprint density at radius 1 is 1.25 bits per heavy atom. The maximum Gasteiger partial charge on any atom is 0.287 e. The molecule has 5 heteroatoms. The van der Waals surface area contributed by atoms with Crippen molar-refractivity contribution in [3.05, 3.63) is 59.5 Å². The number of ether oxygens (including phenoxy) is 1. The van der Waals surface area contributed by atoms with Crippen LogP contribution in [0.3, 0.4) is 0 Å². The Kier molecular flexibility index (Phi) is 3.90. The number of fused-ring (bicyclic) bond motifs is 2. The first-order valence-corrected chi connectivity index (χ1v) is 8.43. The van der Waals surface area contributed by atoms with Gasteiger partial charge in [0.1, 0.15) is 0 Å². The van der Waals surface area contributed by atoms with Crippen LogP contribution in [-0.2, 0) is 10.2 Å². The fourth-order valence-electron chi connectivity index (χ4n) is 4.42. The average molecular weight is 326 g/mol. The summed E-state index contributed by atoms with van der Waals surface area (Å²) in [5, 5.41) is 6.56. The van der Waals surface area contributed by atoms with Crippen molar-refractivity contribution in [2.75, 3.05) is 20.2 Å². The van der Waals surface area contributed by atoms with Crippen LogP contribution in [0.15, 0.2) is 47.1 Å². The number of carbonyl (C=O) groups excluding carboxylic acids is 1. The highest BCUT2D eigenvalue weighted by atomic mass is 16.5. The Morgan fingerprint density at radius 2 is 2.04 bits per heavy atom.